The monoisotopic (exact) mass is 310 g/mol. The van der Waals surface area contributed by atoms with Gasteiger partial charge in [-0.3, -0.25) is 4.79 Å². The quantitative estimate of drug-likeness (QED) is 0.475. The van der Waals surface area contributed by atoms with Gasteiger partial charge in [0.25, 0.3) is 0 Å². The molecule has 0 amide bonds. The zero-order chi connectivity index (χ0) is 15.9. The Bertz CT molecular complexity index is 470. The van der Waals surface area contributed by atoms with Crippen LogP contribution in [0.15, 0.2) is 17.3 Å². The lowest BCUT2D eigenvalue weighted by atomic mass is 10.2. The minimum Gasteiger partial charge on any atom is -0.459 e. The second-order valence-electron chi connectivity index (χ2n) is 6.02. The second-order valence-corrected chi connectivity index (χ2v) is 6.98. The molecule has 0 radical (unpaired) electrons. The molecule has 0 aliphatic rings. The van der Waals surface area contributed by atoms with E-state index in [4.69, 9.17) is 4.74 Å². The number of nitrogens with one attached hydrogen (secondary N) is 1. The van der Waals surface area contributed by atoms with E-state index in [0.717, 1.165) is 30.1 Å². The number of hydrogen-bond acceptors (Lipinski definition) is 5. The Morgan fingerprint density at radius 3 is 2.71 bits per heavy atom. The fraction of sp³-hybridized carbons (Fsp3) is 0.625. The van der Waals surface area contributed by atoms with E-state index in [1.807, 2.05) is 33.9 Å². The maximum absolute atomic E-state index is 11.7. The largest absolute Gasteiger partial charge is 0.459 e. The first kappa shape index (κ1) is 18.0. The summed E-state index contributed by atoms with van der Waals surface area (Å²) in [5.41, 5.74) is 1.83. The Hall–Kier alpha value is -1.07. The van der Waals surface area contributed by atoms with Crippen molar-refractivity contribution in [3.05, 3.63) is 23.4 Å². The topological polar surface area (TPSA) is 51.2 Å². The lowest BCUT2D eigenvalue weighted by molar-refractivity contribution is -0.151. The first-order valence-corrected chi connectivity index (χ1v) is 8.31. The van der Waals surface area contributed by atoms with Crippen molar-refractivity contribution in [2.75, 3.05) is 12.3 Å². The van der Waals surface area contributed by atoms with Gasteiger partial charge in [0.2, 0.25) is 0 Å². The van der Waals surface area contributed by atoms with Gasteiger partial charge in [0.15, 0.2) is 0 Å². The molecule has 0 spiro atoms. The Morgan fingerprint density at radius 2 is 2.14 bits per heavy atom. The van der Waals surface area contributed by atoms with Crippen LogP contribution in [0.5, 0.6) is 0 Å². The van der Waals surface area contributed by atoms with Crippen LogP contribution in [0.25, 0.3) is 0 Å². The van der Waals surface area contributed by atoms with E-state index in [9.17, 15) is 4.79 Å². The van der Waals surface area contributed by atoms with Crippen LogP contribution in [0, 0.1) is 6.92 Å². The first-order valence-electron chi connectivity index (χ1n) is 7.32. The molecule has 5 heteroatoms. The van der Waals surface area contributed by atoms with Gasteiger partial charge < -0.3 is 10.1 Å². The number of aryl methyl sites for hydroxylation is 1. The maximum Gasteiger partial charge on any atom is 0.316 e. The van der Waals surface area contributed by atoms with E-state index in [2.05, 4.69) is 23.3 Å². The molecule has 0 saturated heterocycles. The number of nitrogens with zero attached hydrogens (tertiary/aromatic N) is 1. The molecule has 0 fully saturated rings. The molecule has 118 valence electrons. The highest BCUT2D eigenvalue weighted by Gasteiger charge is 2.16. The highest BCUT2D eigenvalue weighted by molar-refractivity contribution is 7.99. The second kappa shape index (κ2) is 8.39. The predicted molar refractivity (Wildman–Crippen MR) is 87.5 cm³/mol. The average molecular weight is 310 g/mol. The zero-order valence-corrected chi connectivity index (χ0v) is 14.5. The number of carbonyl (C=O) groups excluding carboxylic acids is 1. The normalized spacial score (nSPS) is 11.5. The van der Waals surface area contributed by atoms with E-state index in [1.165, 1.54) is 17.3 Å². The molecule has 4 nitrogen and oxygen atoms in total. The van der Waals surface area contributed by atoms with Crippen LogP contribution in [0.2, 0.25) is 0 Å². The van der Waals surface area contributed by atoms with Crippen molar-refractivity contribution in [3.8, 4) is 0 Å². The SMILES string of the molecule is CCCNCc1cnc(SCC(=O)OC(C)(C)C)c(C)c1. The molecule has 0 atom stereocenters. The van der Waals surface area contributed by atoms with Crippen molar-refractivity contribution >= 4 is 17.7 Å². The summed E-state index contributed by atoms with van der Waals surface area (Å²) in [5.74, 6) is 0.0841. The van der Waals surface area contributed by atoms with Gasteiger partial charge in [0, 0.05) is 12.7 Å². The molecule has 1 N–H and O–H groups in total. The van der Waals surface area contributed by atoms with E-state index >= 15 is 0 Å². The summed E-state index contributed by atoms with van der Waals surface area (Å²) >= 11 is 1.43. The molecule has 0 unspecified atom stereocenters. The number of rotatable bonds is 7. The molecule has 0 bridgehead atoms. The fourth-order valence-corrected chi connectivity index (χ4v) is 2.50. The van der Waals surface area contributed by atoms with Crippen molar-refractivity contribution in [3.63, 3.8) is 0 Å². The van der Waals surface area contributed by atoms with Crippen LogP contribution in [0.3, 0.4) is 0 Å². The number of thioether (sulfide) groups is 1. The molecule has 1 aromatic rings. The summed E-state index contributed by atoms with van der Waals surface area (Å²) in [6, 6.07) is 2.12. The van der Waals surface area contributed by atoms with Gasteiger partial charge in [-0.15, -0.1) is 0 Å². The van der Waals surface area contributed by atoms with Crippen LogP contribution >= 0.6 is 11.8 Å². The summed E-state index contributed by atoms with van der Waals surface area (Å²) in [5, 5.41) is 4.24. The van der Waals surface area contributed by atoms with Crippen LogP contribution < -0.4 is 5.32 Å². The third-order valence-electron chi connectivity index (χ3n) is 2.59. The van der Waals surface area contributed by atoms with Gasteiger partial charge >= 0.3 is 5.97 Å². The molecule has 0 saturated carbocycles. The Morgan fingerprint density at radius 1 is 1.43 bits per heavy atom. The van der Waals surface area contributed by atoms with Crippen LogP contribution in [0.4, 0.5) is 0 Å². The summed E-state index contributed by atoms with van der Waals surface area (Å²) in [4.78, 5) is 16.1. The van der Waals surface area contributed by atoms with E-state index in [-0.39, 0.29) is 5.97 Å². The van der Waals surface area contributed by atoms with Gasteiger partial charge in [-0.25, -0.2) is 4.98 Å². The molecule has 0 aliphatic heterocycles. The van der Waals surface area contributed by atoms with Crippen molar-refractivity contribution in [2.24, 2.45) is 0 Å². The maximum atomic E-state index is 11.7. The number of esters is 1. The minimum absolute atomic E-state index is 0.206. The smallest absolute Gasteiger partial charge is 0.316 e. The van der Waals surface area contributed by atoms with Crippen molar-refractivity contribution in [1.82, 2.24) is 10.3 Å². The third kappa shape index (κ3) is 7.48. The Kier molecular flexibility index (Phi) is 7.18. The summed E-state index contributed by atoms with van der Waals surface area (Å²) in [7, 11) is 0. The lowest BCUT2D eigenvalue weighted by Gasteiger charge is -2.19. The number of pyridine rings is 1. The average Bonchev–Trinajstić information content (AvgIpc) is 2.36. The Balaban J connectivity index is 2.51. The fourth-order valence-electron chi connectivity index (χ4n) is 1.78. The molecular weight excluding hydrogens is 284 g/mol. The van der Waals surface area contributed by atoms with Gasteiger partial charge in [-0.2, -0.15) is 0 Å². The van der Waals surface area contributed by atoms with Gasteiger partial charge in [0.1, 0.15) is 5.60 Å². The van der Waals surface area contributed by atoms with Gasteiger partial charge in [0.05, 0.1) is 10.8 Å². The van der Waals surface area contributed by atoms with Crippen molar-refractivity contribution in [2.45, 2.75) is 58.2 Å². The number of hydrogen-bond donors (Lipinski definition) is 1. The molecule has 0 aromatic carbocycles. The van der Waals surface area contributed by atoms with Crippen LogP contribution in [-0.4, -0.2) is 28.9 Å². The zero-order valence-electron chi connectivity index (χ0n) is 13.7. The highest BCUT2D eigenvalue weighted by Crippen LogP contribution is 2.21. The van der Waals surface area contributed by atoms with Gasteiger partial charge in [-0.1, -0.05) is 24.8 Å². The first-order chi connectivity index (χ1) is 9.81. The van der Waals surface area contributed by atoms with Crippen LogP contribution in [0.1, 0.15) is 45.2 Å². The lowest BCUT2D eigenvalue weighted by Crippen LogP contribution is -2.24. The molecule has 1 heterocycles. The number of aromatic nitrogens is 1. The molecule has 0 aliphatic carbocycles. The molecule has 1 rings (SSSR count). The summed E-state index contributed by atoms with van der Waals surface area (Å²) in [6.07, 6.45) is 2.99. The molecule has 21 heavy (non-hydrogen) atoms. The number of carbonyl (C=O) groups is 1. The minimum atomic E-state index is -0.436. The van der Waals surface area contributed by atoms with Gasteiger partial charge in [-0.05, 0) is 51.8 Å². The van der Waals surface area contributed by atoms with E-state index in [0.29, 0.717) is 5.75 Å². The molecule has 1 aromatic heterocycles. The number of ether oxygens (including phenoxy) is 1. The van der Waals surface area contributed by atoms with E-state index in [1.54, 1.807) is 0 Å². The standard InChI is InChI=1S/C16H26N2O2S/c1-6-7-17-9-13-8-12(2)15(18-10-13)21-11-14(19)20-16(3,4)5/h8,10,17H,6-7,9,11H2,1-5H3. The van der Waals surface area contributed by atoms with Crippen molar-refractivity contribution < 1.29 is 9.53 Å². The predicted octanol–water partition coefficient (Wildman–Crippen LogP) is 3.32. The van der Waals surface area contributed by atoms with E-state index < -0.39 is 5.60 Å². The molecular formula is C16H26N2O2S. The Labute approximate surface area is 132 Å². The van der Waals surface area contributed by atoms with Crippen molar-refractivity contribution in [1.29, 1.82) is 0 Å². The summed E-state index contributed by atoms with van der Waals surface area (Å²) in [6.45, 7) is 11.6. The summed E-state index contributed by atoms with van der Waals surface area (Å²) < 4.78 is 5.29. The van der Waals surface area contributed by atoms with Crippen LogP contribution in [-0.2, 0) is 16.1 Å². The highest BCUT2D eigenvalue weighted by atomic mass is 32.2. The third-order valence-corrected chi connectivity index (χ3v) is 3.67.